The van der Waals surface area contributed by atoms with E-state index in [1.807, 2.05) is 0 Å². The van der Waals surface area contributed by atoms with Gasteiger partial charge in [0.15, 0.2) is 34.9 Å². The van der Waals surface area contributed by atoms with E-state index >= 15 is 0 Å². The second kappa shape index (κ2) is 5.80. The van der Waals surface area contributed by atoms with Crippen LogP contribution in [0.15, 0.2) is 36.2 Å². The summed E-state index contributed by atoms with van der Waals surface area (Å²) in [6.07, 6.45) is 0. The highest BCUT2D eigenvalue weighted by Crippen LogP contribution is 2.49. The fourth-order valence-corrected chi connectivity index (χ4v) is 3.30. The number of hydrogen-bond acceptors (Lipinski definition) is 0. The van der Waals surface area contributed by atoms with E-state index in [9.17, 15) is 35.1 Å². The standard InChI is InChI=1S/C19H6F8/c20-9-4-3-7-12(18(26)19(27)13(7)15(9)23)8-2-1-6-5-10(21)16(24)17(25)11(6)14(8)22/h1-5,12H. The van der Waals surface area contributed by atoms with Crippen LogP contribution in [0.2, 0.25) is 0 Å². The highest BCUT2D eigenvalue weighted by molar-refractivity contribution is 5.86. The Morgan fingerprint density at radius 3 is 1.96 bits per heavy atom. The van der Waals surface area contributed by atoms with Gasteiger partial charge in [0, 0.05) is 5.56 Å². The molecule has 1 atom stereocenters. The summed E-state index contributed by atoms with van der Waals surface area (Å²) in [6, 6.07) is 3.94. The molecule has 0 saturated heterocycles. The van der Waals surface area contributed by atoms with Crippen molar-refractivity contribution in [1.82, 2.24) is 0 Å². The van der Waals surface area contributed by atoms with Gasteiger partial charge in [-0.1, -0.05) is 18.2 Å². The summed E-state index contributed by atoms with van der Waals surface area (Å²) in [7, 11) is 0. The summed E-state index contributed by atoms with van der Waals surface area (Å²) >= 11 is 0. The predicted octanol–water partition coefficient (Wildman–Crippen LogP) is 6.43. The molecule has 138 valence electrons. The molecule has 0 bridgehead atoms. The van der Waals surface area contributed by atoms with Gasteiger partial charge < -0.3 is 0 Å². The second-order valence-corrected chi connectivity index (χ2v) is 5.97. The molecule has 0 fully saturated rings. The molecule has 0 aliphatic heterocycles. The lowest BCUT2D eigenvalue weighted by molar-refractivity contribution is 0.451. The minimum absolute atomic E-state index is 0.346. The van der Waals surface area contributed by atoms with Gasteiger partial charge in [0.1, 0.15) is 11.6 Å². The molecule has 1 aliphatic rings. The summed E-state index contributed by atoms with van der Waals surface area (Å²) in [5.74, 6) is -15.0. The van der Waals surface area contributed by atoms with E-state index in [2.05, 4.69) is 0 Å². The molecule has 0 amide bonds. The van der Waals surface area contributed by atoms with Crippen molar-refractivity contribution in [2.24, 2.45) is 0 Å². The monoisotopic (exact) mass is 386 g/mol. The van der Waals surface area contributed by atoms with E-state index in [4.69, 9.17) is 0 Å². The van der Waals surface area contributed by atoms with Crippen LogP contribution >= 0.6 is 0 Å². The first-order valence-electron chi connectivity index (χ1n) is 7.53. The maximum absolute atomic E-state index is 14.9. The van der Waals surface area contributed by atoms with Crippen molar-refractivity contribution in [2.45, 2.75) is 5.92 Å². The van der Waals surface area contributed by atoms with Crippen molar-refractivity contribution in [2.75, 3.05) is 0 Å². The minimum Gasteiger partial charge on any atom is -0.208 e. The summed E-state index contributed by atoms with van der Waals surface area (Å²) < 4.78 is 111. The van der Waals surface area contributed by atoms with Crippen LogP contribution in [0.3, 0.4) is 0 Å². The van der Waals surface area contributed by atoms with Crippen molar-refractivity contribution in [3.05, 3.63) is 87.8 Å². The Labute approximate surface area is 146 Å². The smallest absolute Gasteiger partial charge is 0.195 e. The molecular formula is C19H6F8. The first-order valence-corrected chi connectivity index (χ1v) is 7.53. The van der Waals surface area contributed by atoms with Gasteiger partial charge in [0.2, 0.25) is 0 Å². The van der Waals surface area contributed by atoms with Crippen LogP contribution < -0.4 is 0 Å². The van der Waals surface area contributed by atoms with Crippen molar-refractivity contribution in [3.63, 3.8) is 0 Å². The van der Waals surface area contributed by atoms with E-state index in [0.29, 0.717) is 12.1 Å². The Kier molecular flexibility index (Phi) is 3.76. The van der Waals surface area contributed by atoms with Gasteiger partial charge >= 0.3 is 0 Å². The number of hydrogen-bond donors (Lipinski definition) is 0. The Hall–Kier alpha value is -2.90. The molecule has 0 heterocycles. The molecule has 0 nitrogen and oxygen atoms in total. The van der Waals surface area contributed by atoms with Crippen molar-refractivity contribution < 1.29 is 35.1 Å². The van der Waals surface area contributed by atoms with Crippen LogP contribution in [0.25, 0.3) is 16.6 Å². The Bertz CT molecular complexity index is 1160. The number of allylic oxidation sites excluding steroid dienone is 1. The number of benzene rings is 3. The van der Waals surface area contributed by atoms with E-state index in [0.717, 1.165) is 18.2 Å². The van der Waals surface area contributed by atoms with Crippen LogP contribution in [-0.4, -0.2) is 0 Å². The van der Waals surface area contributed by atoms with E-state index in [-0.39, 0.29) is 5.39 Å². The van der Waals surface area contributed by atoms with Gasteiger partial charge in [0.25, 0.3) is 0 Å². The summed E-state index contributed by atoms with van der Waals surface area (Å²) in [5, 5.41) is -1.31. The first-order chi connectivity index (χ1) is 12.7. The third-order valence-electron chi connectivity index (χ3n) is 4.54. The molecule has 1 unspecified atom stereocenters. The molecule has 4 rings (SSSR count). The van der Waals surface area contributed by atoms with Crippen molar-refractivity contribution in [1.29, 1.82) is 0 Å². The van der Waals surface area contributed by atoms with Crippen molar-refractivity contribution >= 4 is 16.6 Å². The lowest BCUT2D eigenvalue weighted by Gasteiger charge is -2.15. The minimum atomic E-state index is -1.93. The SMILES string of the molecule is FC1=C(F)C(c2ccc3cc(F)c(F)c(F)c3c2F)c2ccc(F)c(F)c21. The first kappa shape index (κ1) is 17.5. The molecule has 0 radical (unpaired) electrons. The molecule has 8 heteroatoms. The second-order valence-electron chi connectivity index (χ2n) is 5.97. The molecular weight excluding hydrogens is 380 g/mol. The lowest BCUT2D eigenvalue weighted by Crippen LogP contribution is -2.05. The predicted molar refractivity (Wildman–Crippen MR) is 81.1 cm³/mol. The topological polar surface area (TPSA) is 0 Å². The fourth-order valence-electron chi connectivity index (χ4n) is 3.30. The number of halogens is 8. The van der Waals surface area contributed by atoms with Crippen molar-refractivity contribution in [3.8, 4) is 0 Å². The van der Waals surface area contributed by atoms with Crippen LogP contribution in [0.4, 0.5) is 35.1 Å². The van der Waals surface area contributed by atoms with Gasteiger partial charge in [-0.2, -0.15) is 0 Å². The van der Waals surface area contributed by atoms with Crippen LogP contribution in [-0.2, 0) is 0 Å². The third-order valence-corrected chi connectivity index (χ3v) is 4.54. The van der Waals surface area contributed by atoms with Crippen LogP contribution in [0, 0.1) is 34.9 Å². The zero-order chi connectivity index (χ0) is 19.6. The van der Waals surface area contributed by atoms with E-state index in [1.165, 1.54) is 0 Å². The van der Waals surface area contributed by atoms with Gasteiger partial charge in [0.05, 0.1) is 16.9 Å². The van der Waals surface area contributed by atoms with Gasteiger partial charge in [-0.3, -0.25) is 0 Å². The fraction of sp³-hybridized carbons (Fsp3) is 0.0526. The maximum Gasteiger partial charge on any atom is 0.195 e. The molecule has 0 spiro atoms. The molecule has 0 N–H and O–H groups in total. The Morgan fingerprint density at radius 1 is 0.593 bits per heavy atom. The van der Waals surface area contributed by atoms with Crippen LogP contribution in [0.5, 0.6) is 0 Å². The van der Waals surface area contributed by atoms with Gasteiger partial charge in [-0.05, 0) is 23.1 Å². The number of fused-ring (bicyclic) bond motifs is 2. The quantitative estimate of drug-likeness (QED) is 0.334. The highest BCUT2D eigenvalue weighted by Gasteiger charge is 2.38. The third kappa shape index (κ3) is 2.28. The lowest BCUT2D eigenvalue weighted by atomic mass is 9.90. The largest absolute Gasteiger partial charge is 0.208 e. The van der Waals surface area contributed by atoms with E-state index < -0.39 is 74.6 Å². The normalized spacial score (nSPS) is 16.4. The summed E-state index contributed by atoms with van der Waals surface area (Å²) in [6.45, 7) is 0. The van der Waals surface area contributed by atoms with Gasteiger partial charge in [-0.25, -0.2) is 35.1 Å². The average Bonchev–Trinajstić information content (AvgIpc) is 2.88. The van der Waals surface area contributed by atoms with Crippen LogP contribution in [0.1, 0.15) is 22.6 Å². The van der Waals surface area contributed by atoms with E-state index in [1.54, 1.807) is 0 Å². The maximum atomic E-state index is 14.9. The molecule has 3 aromatic rings. The molecule has 27 heavy (non-hydrogen) atoms. The molecule has 1 aliphatic carbocycles. The summed E-state index contributed by atoms with van der Waals surface area (Å²) in [5.41, 5.74) is -2.04. The molecule has 0 saturated carbocycles. The molecule has 3 aromatic carbocycles. The Morgan fingerprint density at radius 2 is 1.26 bits per heavy atom. The zero-order valence-corrected chi connectivity index (χ0v) is 13.0. The van der Waals surface area contributed by atoms with Gasteiger partial charge in [-0.15, -0.1) is 0 Å². The average molecular weight is 386 g/mol. The molecule has 0 aromatic heterocycles. The highest BCUT2D eigenvalue weighted by atomic mass is 19.2. The summed E-state index contributed by atoms with van der Waals surface area (Å²) in [4.78, 5) is 0. The zero-order valence-electron chi connectivity index (χ0n) is 13.0. The number of rotatable bonds is 1. The Balaban J connectivity index is 2.03.